The first-order valence-corrected chi connectivity index (χ1v) is 6.04. The maximum Gasteiger partial charge on any atom is 0.264 e. The number of ether oxygens (including phenoxy) is 1. The Morgan fingerprint density at radius 3 is 2.56 bits per heavy atom. The zero-order valence-corrected chi connectivity index (χ0v) is 9.82. The molecule has 1 aromatic rings. The van der Waals surface area contributed by atoms with E-state index in [4.69, 9.17) is 4.74 Å². The number of para-hydroxylation sites is 1. The third-order valence-electron chi connectivity index (χ3n) is 3.49. The minimum Gasteiger partial charge on any atom is -0.480 e. The quantitative estimate of drug-likeness (QED) is 0.707. The van der Waals surface area contributed by atoms with Gasteiger partial charge in [-0.15, -0.1) is 0 Å². The molecule has 0 aromatic heterocycles. The van der Waals surface area contributed by atoms with Gasteiger partial charge in [-0.3, -0.25) is 4.79 Å². The topological polar surface area (TPSA) is 70.0 Å². The molecule has 96 valence electrons. The van der Waals surface area contributed by atoms with Crippen molar-refractivity contribution >= 4 is 5.91 Å². The highest BCUT2D eigenvalue weighted by Crippen LogP contribution is 2.29. The van der Waals surface area contributed by atoms with Crippen LogP contribution in [0.25, 0.3) is 0 Å². The van der Waals surface area contributed by atoms with Crippen LogP contribution in [0.5, 0.6) is 5.75 Å². The van der Waals surface area contributed by atoms with Gasteiger partial charge in [-0.2, -0.15) is 0 Å². The maximum atomic E-state index is 12.2. The van der Waals surface area contributed by atoms with E-state index < -0.39 is 18.3 Å². The number of benzene rings is 1. The lowest BCUT2D eigenvalue weighted by Gasteiger charge is -2.19. The summed E-state index contributed by atoms with van der Waals surface area (Å²) in [5, 5.41) is 18.9. The van der Waals surface area contributed by atoms with Gasteiger partial charge < -0.3 is 19.8 Å². The summed E-state index contributed by atoms with van der Waals surface area (Å²) in [5.41, 5.74) is 1.02. The second-order valence-electron chi connectivity index (χ2n) is 4.80. The summed E-state index contributed by atoms with van der Waals surface area (Å²) < 4.78 is 5.60. The van der Waals surface area contributed by atoms with E-state index in [0.717, 1.165) is 11.3 Å². The van der Waals surface area contributed by atoms with Gasteiger partial charge in [0.2, 0.25) is 0 Å². The number of hydrogen-bond acceptors (Lipinski definition) is 4. The standard InChI is InChI=1S/C13H15NO4/c15-9-6-14(7-10(9)16)13(17)12-5-8-3-1-2-4-11(8)18-12/h1-4,9-10,12,15-16H,5-7H2/t9-,10+,12?. The number of β-amino-alcohol motifs (C(OH)–C–C–N with tert-alkyl or cyclic N) is 2. The highest BCUT2D eigenvalue weighted by molar-refractivity contribution is 5.83. The normalized spacial score (nSPS) is 30.1. The first-order chi connectivity index (χ1) is 8.65. The second kappa shape index (κ2) is 4.26. The number of likely N-dealkylation sites (tertiary alicyclic amines) is 1. The van der Waals surface area contributed by atoms with Crippen LogP contribution in [0.3, 0.4) is 0 Å². The Bertz CT molecular complexity index is 441. The van der Waals surface area contributed by atoms with Crippen LogP contribution in [0, 0.1) is 0 Å². The molecule has 1 saturated heterocycles. The summed E-state index contributed by atoms with van der Waals surface area (Å²) in [4.78, 5) is 13.7. The van der Waals surface area contributed by atoms with Crippen molar-refractivity contribution < 1.29 is 19.7 Å². The predicted molar refractivity (Wildman–Crippen MR) is 63.2 cm³/mol. The molecule has 0 radical (unpaired) electrons. The highest BCUT2D eigenvalue weighted by Gasteiger charge is 2.38. The third-order valence-corrected chi connectivity index (χ3v) is 3.49. The zero-order valence-electron chi connectivity index (χ0n) is 9.82. The van der Waals surface area contributed by atoms with E-state index in [0.29, 0.717) is 6.42 Å². The van der Waals surface area contributed by atoms with E-state index in [1.54, 1.807) is 0 Å². The molecule has 0 saturated carbocycles. The molecule has 18 heavy (non-hydrogen) atoms. The summed E-state index contributed by atoms with van der Waals surface area (Å²) in [7, 11) is 0. The highest BCUT2D eigenvalue weighted by atomic mass is 16.5. The molecule has 2 heterocycles. The Hall–Kier alpha value is -1.59. The molecular weight excluding hydrogens is 234 g/mol. The fourth-order valence-corrected chi connectivity index (χ4v) is 2.47. The molecule has 1 amide bonds. The van der Waals surface area contributed by atoms with Gasteiger partial charge in [-0.25, -0.2) is 0 Å². The average Bonchev–Trinajstić information content (AvgIpc) is 2.93. The van der Waals surface area contributed by atoms with Crippen molar-refractivity contribution in [1.29, 1.82) is 0 Å². The maximum absolute atomic E-state index is 12.2. The number of fused-ring (bicyclic) bond motifs is 1. The SMILES string of the molecule is O=C(C1Cc2ccccc2O1)N1C[C@@H](O)[C@@H](O)C1. The minimum absolute atomic E-state index is 0.165. The van der Waals surface area contributed by atoms with Crippen molar-refractivity contribution in [2.45, 2.75) is 24.7 Å². The largest absolute Gasteiger partial charge is 0.480 e. The number of aliphatic hydroxyl groups is 2. The Balaban J connectivity index is 1.70. The molecule has 0 bridgehead atoms. The Morgan fingerprint density at radius 2 is 1.89 bits per heavy atom. The Labute approximate surface area is 105 Å². The first-order valence-electron chi connectivity index (χ1n) is 6.04. The van der Waals surface area contributed by atoms with Gasteiger partial charge in [0.1, 0.15) is 5.75 Å². The average molecular weight is 249 g/mol. The summed E-state index contributed by atoms with van der Waals surface area (Å²) in [5.74, 6) is 0.581. The molecule has 0 aliphatic carbocycles. The lowest BCUT2D eigenvalue weighted by molar-refractivity contribution is -0.137. The van der Waals surface area contributed by atoms with E-state index in [1.165, 1.54) is 4.90 Å². The molecule has 3 rings (SSSR count). The summed E-state index contributed by atoms with van der Waals surface area (Å²) >= 11 is 0. The number of nitrogens with zero attached hydrogens (tertiary/aromatic N) is 1. The fourth-order valence-electron chi connectivity index (χ4n) is 2.47. The number of aliphatic hydroxyl groups excluding tert-OH is 2. The smallest absolute Gasteiger partial charge is 0.264 e. The lowest BCUT2D eigenvalue weighted by atomic mass is 10.1. The van der Waals surface area contributed by atoms with Crippen LogP contribution in [0.1, 0.15) is 5.56 Å². The van der Waals surface area contributed by atoms with Crippen molar-refractivity contribution in [2.24, 2.45) is 0 Å². The van der Waals surface area contributed by atoms with Gasteiger partial charge in [-0.1, -0.05) is 18.2 Å². The van der Waals surface area contributed by atoms with Crippen molar-refractivity contribution in [3.05, 3.63) is 29.8 Å². The van der Waals surface area contributed by atoms with Crippen LogP contribution in [-0.4, -0.2) is 52.4 Å². The second-order valence-corrected chi connectivity index (χ2v) is 4.80. The molecule has 5 nitrogen and oxygen atoms in total. The Kier molecular flexibility index (Phi) is 2.72. The molecule has 1 aromatic carbocycles. The van der Waals surface area contributed by atoms with Gasteiger partial charge in [0, 0.05) is 19.5 Å². The third kappa shape index (κ3) is 1.85. The molecule has 5 heteroatoms. The molecule has 2 aliphatic rings. The lowest BCUT2D eigenvalue weighted by Crippen LogP contribution is -2.40. The van der Waals surface area contributed by atoms with Crippen LogP contribution < -0.4 is 4.74 Å². The molecule has 3 atom stereocenters. The van der Waals surface area contributed by atoms with Gasteiger partial charge in [-0.05, 0) is 11.6 Å². The van der Waals surface area contributed by atoms with Gasteiger partial charge in [0.05, 0.1) is 12.2 Å². The van der Waals surface area contributed by atoms with E-state index in [1.807, 2.05) is 24.3 Å². The van der Waals surface area contributed by atoms with Crippen LogP contribution in [0.4, 0.5) is 0 Å². The predicted octanol–water partition coefficient (Wildman–Crippen LogP) is -0.446. The molecule has 2 aliphatic heterocycles. The summed E-state index contributed by atoms with van der Waals surface area (Å²) in [6.07, 6.45) is -1.67. The first kappa shape index (κ1) is 11.5. The van der Waals surface area contributed by atoms with E-state index >= 15 is 0 Å². The van der Waals surface area contributed by atoms with Crippen molar-refractivity contribution in [1.82, 2.24) is 4.90 Å². The minimum atomic E-state index is -0.849. The number of rotatable bonds is 1. The molecular formula is C13H15NO4. The molecule has 2 N–H and O–H groups in total. The monoisotopic (exact) mass is 249 g/mol. The van der Waals surface area contributed by atoms with E-state index in [9.17, 15) is 15.0 Å². The zero-order chi connectivity index (χ0) is 12.7. The number of carbonyl (C=O) groups excluding carboxylic acids is 1. The van der Waals surface area contributed by atoms with Crippen LogP contribution in [0.2, 0.25) is 0 Å². The van der Waals surface area contributed by atoms with Gasteiger partial charge in [0.25, 0.3) is 5.91 Å². The van der Waals surface area contributed by atoms with Crippen molar-refractivity contribution in [3.8, 4) is 5.75 Å². The number of carbonyl (C=O) groups is 1. The van der Waals surface area contributed by atoms with Gasteiger partial charge >= 0.3 is 0 Å². The Morgan fingerprint density at radius 1 is 1.22 bits per heavy atom. The summed E-state index contributed by atoms with van der Waals surface area (Å²) in [6, 6.07) is 7.57. The fraction of sp³-hybridized carbons (Fsp3) is 0.462. The molecule has 1 unspecified atom stereocenters. The number of amides is 1. The van der Waals surface area contributed by atoms with Gasteiger partial charge in [0.15, 0.2) is 6.10 Å². The van der Waals surface area contributed by atoms with Crippen molar-refractivity contribution in [2.75, 3.05) is 13.1 Å². The molecule has 0 spiro atoms. The van der Waals surface area contributed by atoms with Crippen LogP contribution >= 0.6 is 0 Å². The van der Waals surface area contributed by atoms with Crippen LogP contribution in [0.15, 0.2) is 24.3 Å². The van der Waals surface area contributed by atoms with Crippen LogP contribution in [-0.2, 0) is 11.2 Å². The summed E-state index contributed by atoms with van der Waals surface area (Å²) in [6.45, 7) is 0.354. The van der Waals surface area contributed by atoms with E-state index in [-0.39, 0.29) is 19.0 Å². The van der Waals surface area contributed by atoms with Crippen molar-refractivity contribution in [3.63, 3.8) is 0 Å². The molecule has 1 fully saturated rings. The van der Waals surface area contributed by atoms with E-state index in [2.05, 4.69) is 0 Å². The number of hydrogen-bond donors (Lipinski definition) is 2.